The van der Waals surface area contributed by atoms with E-state index in [0.29, 0.717) is 11.8 Å². The van der Waals surface area contributed by atoms with E-state index in [0.717, 1.165) is 16.5 Å². The Morgan fingerprint density at radius 2 is 1.71 bits per heavy atom. The van der Waals surface area contributed by atoms with E-state index < -0.39 is 0 Å². The molecule has 3 nitrogen and oxygen atoms in total. The Bertz CT molecular complexity index is 743. The number of benzene rings is 2. The van der Waals surface area contributed by atoms with Crippen LogP contribution in [0.15, 0.2) is 60.9 Å². The number of nitrogens with one attached hydrogen (secondary N) is 1. The lowest BCUT2D eigenvalue weighted by Gasteiger charge is -2.19. The zero-order valence-electron chi connectivity index (χ0n) is 11.5. The SMILES string of the molecule is NNC(Cc1ccncc1)c1ccc(F)c2ccccc12. The van der Waals surface area contributed by atoms with Crippen molar-refractivity contribution in [3.63, 3.8) is 0 Å². The predicted octanol–water partition coefficient (Wildman–Crippen LogP) is 3.12. The molecule has 1 heterocycles. The molecule has 1 atom stereocenters. The first-order chi connectivity index (χ1) is 10.3. The van der Waals surface area contributed by atoms with Crippen LogP contribution in [0.1, 0.15) is 17.2 Å². The lowest BCUT2D eigenvalue weighted by atomic mass is 9.94. The number of halogens is 1. The first-order valence-electron chi connectivity index (χ1n) is 6.82. The van der Waals surface area contributed by atoms with Gasteiger partial charge in [-0.05, 0) is 41.1 Å². The minimum Gasteiger partial charge on any atom is -0.271 e. The highest BCUT2D eigenvalue weighted by Gasteiger charge is 2.15. The van der Waals surface area contributed by atoms with E-state index >= 15 is 0 Å². The molecule has 0 saturated carbocycles. The van der Waals surface area contributed by atoms with Crippen molar-refractivity contribution in [1.82, 2.24) is 10.4 Å². The van der Waals surface area contributed by atoms with E-state index in [2.05, 4.69) is 10.4 Å². The van der Waals surface area contributed by atoms with Gasteiger partial charge in [-0.25, -0.2) is 4.39 Å². The molecule has 1 aromatic heterocycles. The Balaban J connectivity index is 2.03. The van der Waals surface area contributed by atoms with Gasteiger partial charge in [0.2, 0.25) is 0 Å². The Kier molecular flexibility index (Phi) is 3.90. The minimum atomic E-state index is -0.214. The number of nitrogens with zero attached hydrogens (tertiary/aromatic N) is 1. The average Bonchev–Trinajstić information content (AvgIpc) is 2.55. The van der Waals surface area contributed by atoms with Crippen molar-refractivity contribution in [3.8, 4) is 0 Å². The Morgan fingerprint density at radius 1 is 1.00 bits per heavy atom. The molecule has 0 amide bonds. The molecule has 3 rings (SSSR count). The van der Waals surface area contributed by atoms with Gasteiger partial charge in [0.05, 0.1) is 6.04 Å². The average molecular weight is 281 g/mol. The van der Waals surface area contributed by atoms with Gasteiger partial charge in [-0.3, -0.25) is 16.3 Å². The van der Waals surface area contributed by atoms with Gasteiger partial charge in [0.25, 0.3) is 0 Å². The number of aromatic nitrogens is 1. The van der Waals surface area contributed by atoms with Crippen molar-refractivity contribution in [2.24, 2.45) is 5.84 Å². The zero-order chi connectivity index (χ0) is 14.7. The monoisotopic (exact) mass is 281 g/mol. The lowest BCUT2D eigenvalue weighted by molar-refractivity contribution is 0.554. The molecule has 0 saturated heterocycles. The third-order valence-electron chi connectivity index (χ3n) is 3.67. The van der Waals surface area contributed by atoms with Gasteiger partial charge in [-0.1, -0.05) is 30.3 Å². The highest BCUT2D eigenvalue weighted by Crippen LogP contribution is 2.28. The third kappa shape index (κ3) is 2.77. The topological polar surface area (TPSA) is 50.9 Å². The molecule has 3 N–H and O–H groups in total. The van der Waals surface area contributed by atoms with Crippen molar-refractivity contribution in [2.75, 3.05) is 0 Å². The Morgan fingerprint density at radius 3 is 2.43 bits per heavy atom. The van der Waals surface area contributed by atoms with Crippen molar-refractivity contribution >= 4 is 10.8 Å². The predicted molar refractivity (Wildman–Crippen MR) is 81.9 cm³/mol. The molecule has 106 valence electrons. The molecule has 1 unspecified atom stereocenters. The molecule has 0 spiro atoms. The summed E-state index contributed by atoms with van der Waals surface area (Å²) in [6.45, 7) is 0. The van der Waals surface area contributed by atoms with Crippen LogP contribution in [0.5, 0.6) is 0 Å². The number of rotatable bonds is 4. The van der Waals surface area contributed by atoms with Crippen molar-refractivity contribution in [2.45, 2.75) is 12.5 Å². The number of nitrogens with two attached hydrogens (primary N) is 1. The quantitative estimate of drug-likeness (QED) is 0.570. The summed E-state index contributed by atoms with van der Waals surface area (Å²) in [6, 6.07) is 14.6. The molecular formula is C17H16FN3. The highest BCUT2D eigenvalue weighted by atomic mass is 19.1. The Hall–Kier alpha value is -2.30. The first kappa shape index (κ1) is 13.7. The highest BCUT2D eigenvalue weighted by molar-refractivity contribution is 5.86. The summed E-state index contributed by atoms with van der Waals surface area (Å²) < 4.78 is 13.9. The van der Waals surface area contributed by atoms with Gasteiger partial charge in [0.15, 0.2) is 0 Å². The summed E-state index contributed by atoms with van der Waals surface area (Å²) >= 11 is 0. The molecule has 21 heavy (non-hydrogen) atoms. The van der Waals surface area contributed by atoms with Crippen molar-refractivity contribution in [1.29, 1.82) is 0 Å². The maximum absolute atomic E-state index is 13.9. The van der Waals surface area contributed by atoms with E-state index in [1.807, 2.05) is 30.3 Å². The van der Waals surface area contributed by atoms with Crippen LogP contribution >= 0.6 is 0 Å². The number of hydrazine groups is 1. The summed E-state index contributed by atoms with van der Waals surface area (Å²) in [5.74, 6) is 5.51. The molecular weight excluding hydrogens is 265 g/mol. The first-order valence-corrected chi connectivity index (χ1v) is 6.82. The van der Waals surface area contributed by atoms with Crippen LogP contribution in [0.4, 0.5) is 4.39 Å². The number of hydrogen-bond acceptors (Lipinski definition) is 3. The summed E-state index contributed by atoms with van der Waals surface area (Å²) in [4.78, 5) is 4.01. The van der Waals surface area contributed by atoms with Gasteiger partial charge in [0.1, 0.15) is 5.82 Å². The van der Waals surface area contributed by atoms with Crippen LogP contribution in [0, 0.1) is 5.82 Å². The number of hydrogen-bond donors (Lipinski definition) is 2. The standard InChI is InChI=1S/C17H16FN3/c18-16-6-5-15(13-3-1-2-4-14(13)16)17(21-19)11-12-7-9-20-10-8-12/h1-10,17,21H,11,19H2. The Labute approximate surface area is 122 Å². The van der Waals surface area contributed by atoms with Crippen molar-refractivity contribution in [3.05, 3.63) is 77.9 Å². The van der Waals surface area contributed by atoms with E-state index in [1.54, 1.807) is 24.5 Å². The van der Waals surface area contributed by atoms with Gasteiger partial charge >= 0.3 is 0 Å². The second kappa shape index (κ2) is 5.99. The number of pyridine rings is 1. The molecule has 0 bridgehead atoms. The van der Waals surface area contributed by atoms with Gasteiger partial charge in [-0.15, -0.1) is 0 Å². The molecule has 0 radical (unpaired) electrons. The molecule has 0 fully saturated rings. The van der Waals surface area contributed by atoms with E-state index in [4.69, 9.17) is 5.84 Å². The number of fused-ring (bicyclic) bond motifs is 1. The molecule has 3 aromatic rings. The third-order valence-corrected chi connectivity index (χ3v) is 3.67. The second-order valence-corrected chi connectivity index (χ2v) is 4.96. The molecule has 0 aliphatic rings. The second-order valence-electron chi connectivity index (χ2n) is 4.96. The van der Waals surface area contributed by atoms with E-state index in [9.17, 15) is 4.39 Å². The van der Waals surface area contributed by atoms with Gasteiger partial charge in [0, 0.05) is 17.8 Å². The molecule has 0 aliphatic heterocycles. The van der Waals surface area contributed by atoms with Crippen LogP contribution in [-0.4, -0.2) is 4.98 Å². The fourth-order valence-corrected chi connectivity index (χ4v) is 2.60. The van der Waals surface area contributed by atoms with Gasteiger partial charge in [-0.2, -0.15) is 0 Å². The summed E-state index contributed by atoms with van der Waals surface area (Å²) in [5, 5.41) is 1.50. The van der Waals surface area contributed by atoms with Crippen LogP contribution < -0.4 is 11.3 Å². The smallest absolute Gasteiger partial charge is 0.131 e. The summed E-state index contributed by atoms with van der Waals surface area (Å²) in [5.41, 5.74) is 4.95. The van der Waals surface area contributed by atoms with Crippen LogP contribution in [0.25, 0.3) is 10.8 Å². The summed E-state index contributed by atoms with van der Waals surface area (Å²) in [7, 11) is 0. The molecule has 4 heteroatoms. The fourth-order valence-electron chi connectivity index (χ4n) is 2.60. The maximum atomic E-state index is 13.9. The van der Waals surface area contributed by atoms with Gasteiger partial charge < -0.3 is 0 Å². The van der Waals surface area contributed by atoms with Crippen LogP contribution in [0.2, 0.25) is 0 Å². The maximum Gasteiger partial charge on any atom is 0.131 e. The largest absolute Gasteiger partial charge is 0.271 e. The normalized spacial score (nSPS) is 12.5. The van der Waals surface area contributed by atoms with E-state index in [1.165, 1.54) is 6.07 Å². The van der Waals surface area contributed by atoms with Crippen LogP contribution in [0.3, 0.4) is 0 Å². The van der Waals surface area contributed by atoms with Crippen molar-refractivity contribution < 1.29 is 4.39 Å². The zero-order valence-corrected chi connectivity index (χ0v) is 11.5. The van der Waals surface area contributed by atoms with Crippen LogP contribution in [-0.2, 0) is 6.42 Å². The molecule has 2 aromatic carbocycles. The fraction of sp³-hybridized carbons (Fsp3) is 0.118. The molecule has 0 aliphatic carbocycles. The lowest BCUT2D eigenvalue weighted by Crippen LogP contribution is -2.29. The minimum absolute atomic E-state index is 0.0853. The summed E-state index contributed by atoms with van der Waals surface area (Å²) in [6.07, 6.45) is 4.23. The van der Waals surface area contributed by atoms with E-state index in [-0.39, 0.29) is 11.9 Å².